The van der Waals surface area contributed by atoms with Gasteiger partial charge < -0.3 is 15.4 Å². The fourth-order valence-corrected chi connectivity index (χ4v) is 5.59. The number of hydrogen-bond donors (Lipinski definition) is 2. The number of benzene rings is 2. The molecule has 2 N–H and O–H groups in total. The summed E-state index contributed by atoms with van der Waals surface area (Å²) in [4.78, 5) is 18.5. The second kappa shape index (κ2) is 10.8. The van der Waals surface area contributed by atoms with Gasteiger partial charge in [-0.15, -0.1) is 11.3 Å². The number of thiazole rings is 1. The molecule has 8 heteroatoms. The smallest absolute Gasteiger partial charge is 0.228 e. The lowest BCUT2D eigenvalue weighted by Gasteiger charge is -2.23. The number of hydrogen-bond acceptors (Lipinski definition) is 8. The number of pyridine rings is 1. The van der Waals surface area contributed by atoms with E-state index in [4.69, 9.17) is 9.72 Å². The van der Waals surface area contributed by atoms with Gasteiger partial charge in [-0.1, -0.05) is 30.3 Å². The fraction of sp³-hybridized carbons (Fsp3) is 0.267. The number of anilines is 1. The number of nitrogens with one attached hydrogen (secondary N) is 2. The standard InChI is InChI=1S/C30H30N6OS/c1-19-10-11-24-21(16-23-18-38-20(2)34-23)6-3-8-25(24)28(19)37-29-26(9-5-14-32-29)27-12-15-33-30(36-27)35-22-7-4-13-31-17-22/h3,5-6,8-12,14-15,18,22,31H,4,7,13,16-17H2,1-2H3,(H,33,35,36)/t22-/m0/s1. The van der Waals surface area contributed by atoms with Gasteiger partial charge in [0, 0.05) is 42.2 Å². The molecule has 6 rings (SSSR count). The highest BCUT2D eigenvalue weighted by molar-refractivity contribution is 7.09. The average molecular weight is 523 g/mol. The van der Waals surface area contributed by atoms with Crippen LogP contribution >= 0.6 is 11.3 Å². The molecule has 0 unspecified atom stereocenters. The summed E-state index contributed by atoms with van der Waals surface area (Å²) in [6.45, 7) is 6.09. The van der Waals surface area contributed by atoms with Crippen molar-refractivity contribution in [2.75, 3.05) is 18.4 Å². The van der Waals surface area contributed by atoms with E-state index >= 15 is 0 Å². The normalized spacial score (nSPS) is 15.5. The van der Waals surface area contributed by atoms with Crippen LogP contribution in [0, 0.1) is 13.8 Å². The van der Waals surface area contributed by atoms with Gasteiger partial charge in [-0.2, -0.15) is 0 Å². The van der Waals surface area contributed by atoms with Gasteiger partial charge in [-0.25, -0.2) is 19.9 Å². The lowest BCUT2D eigenvalue weighted by Crippen LogP contribution is -2.38. The van der Waals surface area contributed by atoms with Crippen molar-refractivity contribution in [1.29, 1.82) is 0 Å². The number of aryl methyl sites for hydroxylation is 2. The third kappa shape index (κ3) is 5.23. The van der Waals surface area contributed by atoms with Gasteiger partial charge in [-0.3, -0.25) is 0 Å². The fourth-order valence-electron chi connectivity index (χ4n) is 4.98. The highest BCUT2D eigenvalue weighted by atomic mass is 32.1. The van der Waals surface area contributed by atoms with Crippen molar-refractivity contribution in [1.82, 2.24) is 25.3 Å². The van der Waals surface area contributed by atoms with Gasteiger partial charge in [0.15, 0.2) is 0 Å². The van der Waals surface area contributed by atoms with Gasteiger partial charge in [0.05, 0.1) is 22.0 Å². The van der Waals surface area contributed by atoms with E-state index in [2.05, 4.69) is 68.2 Å². The van der Waals surface area contributed by atoms with Gasteiger partial charge >= 0.3 is 0 Å². The van der Waals surface area contributed by atoms with E-state index in [1.807, 2.05) is 25.1 Å². The Morgan fingerprint density at radius 1 is 1.00 bits per heavy atom. The van der Waals surface area contributed by atoms with Gasteiger partial charge in [0.25, 0.3) is 0 Å². The Hall–Kier alpha value is -3.88. The Balaban J connectivity index is 1.33. The Kier molecular flexibility index (Phi) is 6.98. The first-order valence-corrected chi connectivity index (χ1v) is 13.9. The molecule has 192 valence electrons. The van der Waals surface area contributed by atoms with Crippen LogP contribution in [0.25, 0.3) is 22.0 Å². The molecule has 1 saturated heterocycles. The van der Waals surface area contributed by atoms with E-state index in [0.29, 0.717) is 17.9 Å². The van der Waals surface area contributed by atoms with Crippen LogP contribution in [0.3, 0.4) is 0 Å². The van der Waals surface area contributed by atoms with E-state index in [9.17, 15) is 0 Å². The van der Waals surface area contributed by atoms with Crippen molar-refractivity contribution in [3.05, 3.63) is 88.1 Å². The van der Waals surface area contributed by atoms with Gasteiger partial charge in [0.2, 0.25) is 11.8 Å². The van der Waals surface area contributed by atoms with Crippen LogP contribution in [0.5, 0.6) is 11.6 Å². The van der Waals surface area contributed by atoms with Crippen molar-refractivity contribution in [2.24, 2.45) is 0 Å². The highest BCUT2D eigenvalue weighted by Crippen LogP contribution is 2.38. The number of aromatic nitrogens is 4. The van der Waals surface area contributed by atoms with Crippen LogP contribution in [0.2, 0.25) is 0 Å². The second-order valence-corrected chi connectivity index (χ2v) is 10.7. The van der Waals surface area contributed by atoms with Gasteiger partial charge in [-0.05, 0) is 67.9 Å². The molecule has 7 nitrogen and oxygen atoms in total. The molecule has 0 spiro atoms. The zero-order chi connectivity index (χ0) is 25.9. The number of nitrogens with zero attached hydrogens (tertiary/aromatic N) is 4. The summed E-state index contributed by atoms with van der Waals surface area (Å²) in [7, 11) is 0. The van der Waals surface area contributed by atoms with Crippen LogP contribution < -0.4 is 15.4 Å². The van der Waals surface area contributed by atoms with Crippen molar-refractivity contribution in [3.8, 4) is 22.9 Å². The lowest BCUT2D eigenvalue weighted by atomic mass is 9.98. The average Bonchev–Trinajstić information content (AvgIpc) is 3.36. The van der Waals surface area contributed by atoms with Gasteiger partial charge in [0.1, 0.15) is 5.75 Å². The quantitative estimate of drug-likeness (QED) is 0.259. The van der Waals surface area contributed by atoms with E-state index in [0.717, 1.165) is 76.4 Å². The molecule has 0 radical (unpaired) electrons. The molecule has 5 aromatic rings. The van der Waals surface area contributed by atoms with Crippen molar-refractivity contribution in [3.63, 3.8) is 0 Å². The summed E-state index contributed by atoms with van der Waals surface area (Å²) >= 11 is 1.68. The molecule has 1 aliphatic rings. The molecule has 3 aromatic heterocycles. The minimum atomic E-state index is 0.323. The zero-order valence-corrected chi connectivity index (χ0v) is 22.4. The zero-order valence-electron chi connectivity index (χ0n) is 21.6. The largest absolute Gasteiger partial charge is 0.437 e. The Morgan fingerprint density at radius 3 is 2.79 bits per heavy atom. The molecule has 4 heterocycles. The monoisotopic (exact) mass is 522 g/mol. The first kappa shape index (κ1) is 24.5. The third-order valence-corrected chi connectivity index (χ3v) is 7.69. The minimum absolute atomic E-state index is 0.323. The molecule has 0 aliphatic carbocycles. The maximum atomic E-state index is 6.59. The number of rotatable bonds is 7. The summed E-state index contributed by atoms with van der Waals surface area (Å²) in [5.41, 5.74) is 4.96. The summed E-state index contributed by atoms with van der Waals surface area (Å²) < 4.78 is 6.59. The van der Waals surface area contributed by atoms with Crippen LogP contribution in [0.4, 0.5) is 5.95 Å². The molecule has 1 atom stereocenters. The van der Waals surface area contributed by atoms with E-state index < -0.39 is 0 Å². The van der Waals surface area contributed by atoms with Crippen molar-refractivity contribution >= 4 is 28.1 Å². The third-order valence-electron chi connectivity index (χ3n) is 6.87. The predicted molar refractivity (Wildman–Crippen MR) is 153 cm³/mol. The molecule has 0 bridgehead atoms. The SMILES string of the molecule is Cc1nc(Cc2cccc3c(Oc4ncccc4-c4ccnc(N[C@H]5CCCNC5)n4)c(C)ccc23)cs1. The predicted octanol–water partition coefficient (Wildman–Crippen LogP) is 6.31. The first-order chi connectivity index (χ1) is 18.6. The topological polar surface area (TPSA) is 84.9 Å². The maximum absolute atomic E-state index is 6.59. The van der Waals surface area contributed by atoms with Crippen LogP contribution in [-0.4, -0.2) is 39.1 Å². The maximum Gasteiger partial charge on any atom is 0.228 e. The van der Waals surface area contributed by atoms with Crippen molar-refractivity contribution in [2.45, 2.75) is 39.2 Å². The van der Waals surface area contributed by atoms with Crippen LogP contribution in [0.1, 0.15) is 34.7 Å². The minimum Gasteiger partial charge on any atom is -0.437 e. The van der Waals surface area contributed by atoms with Crippen LogP contribution in [0.15, 0.2) is 66.3 Å². The highest BCUT2D eigenvalue weighted by Gasteiger charge is 2.17. The number of fused-ring (bicyclic) bond motifs is 1. The molecule has 0 amide bonds. The number of ether oxygens (including phenoxy) is 1. The Bertz CT molecular complexity index is 1580. The summed E-state index contributed by atoms with van der Waals surface area (Å²) in [6, 6.07) is 16.8. The molecular weight excluding hydrogens is 492 g/mol. The Morgan fingerprint density at radius 2 is 1.95 bits per heavy atom. The molecule has 2 aromatic carbocycles. The first-order valence-electron chi connectivity index (χ1n) is 13.0. The lowest BCUT2D eigenvalue weighted by molar-refractivity contribution is 0.466. The van der Waals surface area contributed by atoms with E-state index in [-0.39, 0.29) is 0 Å². The molecule has 38 heavy (non-hydrogen) atoms. The molecule has 1 fully saturated rings. The molecular formula is C30H30N6OS. The summed E-state index contributed by atoms with van der Waals surface area (Å²) in [6.07, 6.45) is 6.57. The van der Waals surface area contributed by atoms with Crippen molar-refractivity contribution < 1.29 is 4.74 Å². The Labute approximate surface area is 226 Å². The molecule has 0 saturated carbocycles. The van der Waals surface area contributed by atoms with Crippen LogP contribution in [-0.2, 0) is 6.42 Å². The number of piperidine rings is 1. The molecule has 1 aliphatic heterocycles. The summed E-state index contributed by atoms with van der Waals surface area (Å²) in [5.74, 6) is 1.95. The summed E-state index contributed by atoms with van der Waals surface area (Å²) in [5, 5.41) is 12.3. The van der Waals surface area contributed by atoms with E-state index in [1.165, 1.54) is 5.56 Å². The second-order valence-electron chi connectivity index (χ2n) is 9.67. The van der Waals surface area contributed by atoms with E-state index in [1.54, 1.807) is 23.7 Å².